The van der Waals surface area contributed by atoms with E-state index in [2.05, 4.69) is 12.0 Å². The van der Waals surface area contributed by atoms with Crippen LogP contribution in [0.4, 0.5) is 0 Å². The first-order valence-corrected chi connectivity index (χ1v) is 5.58. The van der Waals surface area contributed by atoms with Crippen molar-refractivity contribution in [3.05, 3.63) is 76.3 Å². The number of halogens is 1. The summed E-state index contributed by atoms with van der Waals surface area (Å²) < 4.78 is 0. The number of hydrogen-bond donors (Lipinski definition) is 0. The van der Waals surface area contributed by atoms with Crippen molar-refractivity contribution in [1.82, 2.24) is 0 Å². The van der Waals surface area contributed by atoms with Crippen LogP contribution in [-0.4, -0.2) is 0 Å². The molecule has 0 heterocycles. The Morgan fingerprint density at radius 3 is 2.41 bits per heavy atom. The van der Waals surface area contributed by atoms with Gasteiger partial charge in [-0.2, -0.15) is 0 Å². The van der Waals surface area contributed by atoms with E-state index < -0.39 is 0 Å². The third-order valence-corrected chi connectivity index (χ3v) is 2.61. The van der Waals surface area contributed by atoms with Gasteiger partial charge >= 0.3 is 0 Å². The normalized spacial score (nSPS) is 10.4. The standard InChI is InChI=1S/C16H10Cl/c1-2-14-5-3-4-6-15(14)10-7-13-8-11-16(17)12-9-13/h1,3-6,8-12H. The molecule has 0 nitrogen and oxygen atoms in total. The van der Waals surface area contributed by atoms with Crippen molar-refractivity contribution in [1.29, 1.82) is 0 Å². The third kappa shape index (κ3) is 3.00. The van der Waals surface area contributed by atoms with E-state index >= 15 is 0 Å². The van der Waals surface area contributed by atoms with Crippen molar-refractivity contribution in [3.63, 3.8) is 0 Å². The average molecular weight is 238 g/mol. The van der Waals surface area contributed by atoms with Crippen LogP contribution in [0.5, 0.6) is 0 Å². The summed E-state index contributed by atoms with van der Waals surface area (Å²) in [7, 11) is 0. The second-order valence-corrected chi connectivity index (χ2v) is 3.96. The zero-order valence-corrected chi connectivity index (χ0v) is 9.91. The number of hydrogen-bond acceptors (Lipinski definition) is 0. The van der Waals surface area contributed by atoms with Gasteiger partial charge < -0.3 is 0 Å². The van der Waals surface area contributed by atoms with E-state index in [-0.39, 0.29) is 0 Å². The molecule has 0 aliphatic rings. The summed E-state index contributed by atoms with van der Waals surface area (Å²) in [6.07, 6.45) is 10.5. The van der Waals surface area contributed by atoms with Gasteiger partial charge in [-0.1, -0.05) is 47.9 Å². The highest BCUT2D eigenvalue weighted by Crippen LogP contribution is 2.13. The fourth-order valence-electron chi connectivity index (χ4n) is 1.46. The average Bonchev–Trinajstić information content (AvgIpc) is 2.38. The minimum atomic E-state index is 0.722. The topological polar surface area (TPSA) is 0 Å². The maximum atomic E-state index is 5.81. The lowest BCUT2D eigenvalue weighted by Crippen LogP contribution is -1.80. The Kier molecular flexibility index (Phi) is 3.65. The van der Waals surface area contributed by atoms with Gasteiger partial charge in [0.1, 0.15) is 0 Å². The van der Waals surface area contributed by atoms with Crippen LogP contribution in [0.2, 0.25) is 5.02 Å². The van der Waals surface area contributed by atoms with Gasteiger partial charge in [-0.3, -0.25) is 0 Å². The summed E-state index contributed by atoms with van der Waals surface area (Å²) in [4.78, 5) is 0. The maximum Gasteiger partial charge on any atom is 0.0406 e. The Morgan fingerprint density at radius 2 is 1.71 bits per heavy atom. The van der Waals surface area contributed by atoms with Crippen LogP contribution in [0.1, 0.15) is 16.7 Å². The minimum absolute atomic E-state index is 0.722. The fourth-order valence-corrected chi connectivity index (χ4v) is 1.59. The summed E-state index contributed by atoms with van der Waals surface area (Å²) in [6, 6.07) is 15.3. The predicted octanol–water partition coefficient (Wildman–Crippen LogP) is 4.19. The Bertz CT molecular complexity index is 571. The van der Waals surface area contributed by atoms with Crippen molar-refractivity contribution >= 4 is 17.7 Å². The zero-order valence-electron chi connectivity index (χ0n) is 9.15. The molecule has 0 unspecified atom stereocenters. The predicted molar refractivity (Wildman–Crippen MR) is 72.6 cm³/mol. The molecular weight excluding hydrogens is 228 g/mol. The van der Waals surface area contributed by atoms with Gasteiger partial charge in [0.15, 0.2) is 0 Å². The van der Waals surface area contributed by atoms with E-state index in [0.29, 0.717) is 0 Å². The first-order chi connectivity index (χ1) is 8.29. The second-order valence-electron chi connectivity index (χ2n) is 3.53. The Balaban J connectivity index is 2.26. The highest BCUT2D eigenvalue weighted by Gasteiger charge is 1.94. The summed E-state index contributed by atoms with van der Waals surface area (Å²) >= 11 is 5.81. The molecule has 0 atom stereocenters. The molecule has 2 aromatic rings. The molecule has 2 rings (SSSR count). The highest BCUT2D eigenvalue weighted by molar-refractivity contribution is 6.30. The molecule has 0 aromatic heterocycles. The number of rotatable bonds is 2. The molecule has 2 aromatic carbocycles. The van der Waals surface area contributed by atoms with Crippen LogP contribution in [0.3, 0.4) is 0 Å². The Labute approximate surface area is 107 Å². The first kappa shape index (κ1) is 11.5. The van der Waals surface area contributed by atoms with Crippen molar-refractivity contribution in [2.75, 3.05) is 0 Å². The molecule has 1 radical (unpaired) electrons. The van der Waals surface area contributed by atoms with Crippen LogP contribution in [-0.2, 0) is 0 Å². The molecule has 0 N–H and O–H groups in total. The van der Waals surface area contributed by atoms with E-state index in [1.165, 1.54) is 0 Å². The molecule has 0 saturated carbocycles. The van der Waals surface area contributed by atoms with E-state index in [4.69, 9.17) is 18.0 Å². The SMILES string of the molecule is C#Cc1ccccc1C=[C]c1ccc(Cl)cc1. The van der Waals surface area contributed by atoms with Crippen molar-refractivity contribution in [3.8, 4) is 12.3 Å². The lowest BCUT2D eigenvalue weighted by molar-refractivity contribution is 1.56. The summed E-state index contributed by atoms with van der Waals surface area (Å²) in [5.74, 6) is 2.65. The van der Waals surface area contributed by atoms with E-state index in [1.807, 2.05) is 54.6 Å². The Morgan fingerprint density at radius 1 is 1.00 bits per heavy atom. The van der Waals surface area contributed by atoms with Gasteiger partial charge in [0, 0.05) is 10.6 Å². The monoisotopic (exact) mass is 237 g/mol. The molecule has 0 bridgehead atoms. The summed E-state index contributed by atoms with van der Waals surface area (Å²) in [5.41, 5.74) is 2.83. The number of benzene rings is 2. The zero-order chi connectivity index (χ0) is 12.1. The largest absolute Gasteiger partial charge is 0.115 e. The number of terminal acetylenes is 1. The fraction of sp³-hybridized carbons (Fsp3) is 0. The van der Waals surface area contributed by atoms with Gasteiger partial charge in [-0.05, 0) is 41.5 Å². The molecule has 0 spiro atoms. The lowest BCUT2D eigenvalue weighted by Gasteiger charge is -1.97. The van der Waals surface area contributed by atoms with E-state index in [9.17, 15) is 0 Å². The molecule has 0 aliphatic heterocycles. The molecule has 81 valence electrons. The highest BCUT2D eigenvalue weighted by atomic mass is 35.5. The van der Waals surface area contributed by atoms with Crippen LogP contribution >= 0.6 is 11.6 Å². The van der Waals surface area contributed by atoms with Gasteiger partial charge in [0.25, 0.3) is 0 Å². The summed E-state index contributed by atoms with van der Waals surface area (Å²) in [6.45, 7) is 0. The molecular formula is C16H10Cl. The van der Waals surface area contributed by atoms with Crippen molar-refractivity contribution < 1.29 is 0 Å². The van der Waals surface area contributed by atoms with Crippen LogP contribution in [0, 0.1) is 18.4 Å². The second kappa shape index (κ2) is 5.39. The molecule has 1 heteroatoms. The first-order valence-electron chi connectivity index (χ1n) is 5.20. The van der Waals surface area contributed by atoms with Gasteiger partial charge in [0.05, 0.1) is 0 Å². The quantitative estimate of drug-likeness (QED) is 0.543. The molecule has 0 aliphatic carbocycles. The smallest absolute Gasteiger partial charge is 0.0406 e. The van der Waals surface area contributed by atoms with Crippen LogP contribution < -0.4 is 0 Å². The van der Waals surface area contributed by atoms with Crippen LogP contribution in [0.15, 0.2) is 48.5 Å². The summed E-state index contributed by atoms with van der Waals surface area (Å²) in [5, 5.41) is 0.722. The van der Waals surface area contributed by atoms with Gasteiger partial charge in [0.2, 0.25) is 0 Å². The molecule has 17 heavy (non-hydrogen) atoms. The molecule has 0 fully saturated rings. The van der Waals surface area contributed by atoms with Crippen molar-refractivity contribution in [2.24, 2.45) is 0 Å². The Hall–Kier alpha value is -1.97. The maximum absolute atomic E-state index is 5.81. The molecule has 0 amide bonds. The van der Waals surface area contributed by atoms with Gasteiger partial charge in [-0.15, -0.1) is 6.42 Å². The minimum Gasteiger partial charge on any atom is -0.115 e. The lowest BCUT2D eigenvalue weighted by atomic mass is 10.1. The third-order valence-electron chi connectivity index (χ3n) is 2.35. The van der Waals surface area contributed by atoms with Crippen molar-refractivity contribution in [2.45, 2.75) is 0 Å². The van der Waals surface area contributed by atoms with Crippen LogP contribution in [0.25, 0.3) is 6.08 Å². The van der Waals surface area contributed by atoms with E-state index in [1.54, 1.807) is 0 Å². The van der Waals surface area contributed by atoms with Gasteiger partial charge in [-0.25, -0.2) is 0 Å². The molecule has 0 saturated heterocycles. The van der Waals surface area contributed by atoms with E-state index in [0.717, 1.165) is 21.7 Å².